The van der Waals surface area contributed by atoms with E-state index in [1.165, 1.54) is 18.6 Å². The summed E-state index contributed by atoms with van der Waals surface area (Å²) in [4.78, 5) is 18.7. The van der Waals surface area contributed by atoms with E-state index in [-0.39, 0.29) is 17.7 Å². The highest BCUT2D eigenvalue weighted by atomic mass is 19.4. The van der Waals surface area contributed by atoms with Crippen molar-refractivity contribution in [3.63, 3.8) is 0 Å². The number of hydrogen-bond donors (Lipinski definition) is 0. The molecule has 144 valence electrons. The van der Waals surface area contributed by atoms with E-state index in [0.717, 1.165) is 37.8 Å². The first kappa shape index (κ1) is 18.0. The smallest absolute Gasteiger partial charge is 0.339 e. The molecular weight excluding hydrogens is 359 g/mol. The van der Waals surface area contributed by atoms with Gasteiger partial charge in [-0.15, -0.1) is 0 Å². The lowest BCUT2D eigenvalue weighted by Gasteiger charge is -2.31. The van der Waals surface area contributed by atoms with Crippen molar-refractivity contribution in [2.45, 2.75) is 56.7 Å². The summed E-state index contributed by atoms with van der Waals surface area (Å²) in [5.74, 6) is 0.595. The van der Waals surface area contributed by atoms with E-state index >= 15 is 0 Å². The lowest BCUT2D eigenvalue weighted by atomic mass is 9.94. The van der Waals surface area contributed by atoms with Gasteiger partial charge in [-0.05, 0) is 37.1 Å². The average molecular weight is 379 g/mol. The van der Waals surface area contributed by atoms with Crippen LogP contribution < -0.4 is 0 Å². The van der Waals surface area contributed by atoms with Crippen LogP contribution in [0.15, 0.2) is 28.8 Å². The maximum Gasteiger partial charge on any atom is 0.416 e. The minimum atomic E-state index is -4.38. The van der Waals surface area contributed by atoms with Crippen molar-refractivity contribution in [2.75, 3.05) is 6.54 Å². The van der Waals surface area contributed by atoms with Crippen molar-refractivity contribution in [2.24, 2.45) is 0 Å². The van der Waals surface area contributed by atoms with Gasteiger partial charge in [-0.2, -0.15) is 18.2 Å². The van der Waals surface area contributed by atoms with Gasteiger partial charge < -0.3 is 9.42 Å². The van der Waals surface area contributed by atoms with Crippen LogP contribution in [-0.4, -0.2) is 33.5 Å². The zero-order valence-electron chi connectivity index (χ0n) is 14.7. The number of alkyl halides is 3. The number of likely N-dealkylation sites (tertiary alicyclic amines) is 1. The molecule has 1 aromatic heterocycles. The predicted molar refractivity (Wildman–Crippen MR) is 90.7 cm³/mol. The normalized spacial score (nSPS) is 21.8. The molecular formula is C19H20F3N3O2. The third-order valence-corrected chi connectivity index (χ3v) is 5.44. The van der Waals surface area contributed by atoms with Crippen molar-refractivity contribution < 1.29 is 22.5 Å². The molecule has 1 saturated carbocycles. The Bertz CT molecular complexity index is 810. The van der Waals surface area contributed by atoms with E-state index in [9.17, 15) is 18.0 Å². The second kappa shape index (κ2) is 6.98. The number of rotatable bonds is 3. The Morgan fingerprint density at radius 3 is 2.44 bits per heavy atom. The van der Waals surface area contributed by atoms with Gasteiger partial charge in [-0.1, -0.05) is 24.4 Å². The quantitative estimate of drug-likeness (QED) is 0.793. The van der Waals surface area contributed by atoms with Crippen molar-refractivity contribution >= 4 is 5.91 Å². The molecule has 1 aromatic carbocycles. The topological polar surface area (TPSA) is 59.2 Å². The van der Waals surface area contributed by atoms with Gasteiger partial charge >= 0.3 is 6.18 Å². The number of carbonyl (C=O) groups is 1. The molecule has 2 aromatic rings. The van der Waals surface area contributed by atoms with Crippen molar-refractivity contribution in [1.29, 1.82) is 0 Å². The average Bonchev–Trinajstić information content (AvgIpc) is 3.29. The Labute approximate surface area is 154 Å². The first-order chi connectivity index (χ1) is 12.9. The van der Waals surface area contributed by atoms with Gasteiger partial charge in [0.25, 0.3) is 5.89 Å². The van der Waals surface area contributed by atoms with Gasteiger partial charge in [0.2, 0.25) is 5.91 Å². The second-order valence-electron chi connectivity index (χ2n) is 7.27. The molecule has 2 fully saturated rings. The van der Waals surface area contributed by atoms with Crippen LogP contribution in [0.2, 0.25) is 0 Å². The molecule has 1 aliphatic carbocycles. The minimum absolute atomic E-state index is 0.118. The second-order valence-corrected chi connectivity index (χ2v) is 7.27. The van der Waals surface area contributed by atoms with E-state index in [1.807, 2.05) is 4.90 Å². The Morgan fingerprint density at radius 1 is 1.07 bits per heavy atom. The Morgan fingerprint density at radius 2 is 1.78 bits per heavy atom. The van der Waals surface area contributed by atoms with Crippen LogP contribution in [0.1, 0.15) is 55.8 Å². The summed E-state index contributed by atoms with van der Waals surface area (Å²) in [5, 5.41) is 3.97. The maximum atomic E-state index is 12.7. The molecule has 1 atom stereocenters. The summed E-state index contributed by atoms with van der Waals surface area (Å²) < 4.78 is 43.2. The number of benzene rings is 1. The van der Waals surface area contributed by atoms with Crippen LogP contribution in [0, 0.1) is 0 Å². The van der Waals surface area contributed by atoms with Crippen LogP contribution in [0.3, 0.4) is 0 Å². The molecule has 0 bridgehead atoms. The zero-order valence-corrected chi connectivity index (χ0v) is 14.7. The van der Waals surface area contributed by atoms with E-state index in [2.05, 4.69) is 10.1 Å². The number of nitrogens with zero attached hydrogens (tertiary/aromatic N) is 3. The number of hydrogen-bond acceptors (Lipinski definition) is 4. The molecule has 5 nitrogen and oxygen atoms in total. The fraction of sp³-hybridized carbons (Fsp3) is 0.526. The lowest BCUT2D eigenvalue weighted by molar-refractivity contribution is -0.137. The number of aromatic nitrogens is 2. The van der Waals surface area contributed by atoms with Crippen LogP contribution in [0.5, 0.6) is 0 Å². The maximum absolute atomic E-state index is 12.7. The summed E-state index contributed by atoms with van der Waals surface area (Å²) in [7, 11) is 0. The molecule has 1 unspecified atom stereocenters. The van der Waals surface area contributed by atoms with Gasteiger partial charge in [0.1, 0.15) is 0 Å². The largest absolute Gasteiger partial charge is 0.416 e. The van der Waals surface area contributed by atoms with E-state index in [4.69, 9.17) is 4.52 Å². The number of carbonyl (C=O) groups excluding carboxylic acids is 1. The van der Waals surface area contributed by atoms with Gasteiger partial charge in [-0.3, -0.25) is 4.79 Å². The van der Waals surface area contributed by atoms with Crippen LogP contribution in [-0.2, 0) is 11.0 Å². The van der Waals surface area contributed by atoms with Gasteiger partial charge in [0.15, 0.2) is 5.82 Å². The molecule has 0 spiro atoms. The molecule has 1 aliphatic heterocycles. The fourth-order valence-corrected chi connectivity index (χ4v) is 3.97. The van der Waals surface area contributed by atoms with E-state index in [1.54, 1.807) is 0 Å². The molecule has 8 heteroatoms. The van der Waals surface area contributed by atoms with Crippen LogP contribution >= 0.6 is 0 Å². The Kier molecular flexibility index (Phi) is 4.65. The molecule has 2 heterocycles. The number of halogens is 3. The third kappa shape index (κ3) is 3.70. The van der Waals surface area contributed by atoms with E-state index < -0.39 is 11.7 Å². The van der Waals surface area contributed by atoms with Gasteiger partial charge in [-0.25, -0.2) is 0 Å². The summed E-state index contributed by atoms with van der Waals surface area (Å²) in [6.07, 6.45) is 1.58. The van der Waals surface area contributed by atoms with Crippen LogP contribution in [0.4, 0.5) is 13.2 Å². The Hall–Kier alpha value is -2.38. The first-order valence-corrected chi connectivity index (χ1v) is 9.22. The molecule has 4 rings (SSSR count). The highest BCUT2D eigenvalue weighted by Crippen LogP contribution is 2.34. The van der Waals surface area contributed by atoms with Crippen molar-refractivity contribution in [1.82, 2.24) is 15.0 Å². The van der Waals surface area contributed by atoms with E-state index in [0.29, 0.717) is 30.4 Å². The molecule has 0 N–H and O–H groups in total. The summed E-state index contributed by atoms with van der Waals surface area (Å²) in [5.41, 5.74) is -0.300. The highest BCUT2D eigenvalue weighted by molar-refractivity contribution is 5.80. The Balaban J connectivity index is 1.47. The number of amides is 1. The summed E-state index contributed by atoms with van der Waals surface area (Å²) in [6.45, 7) is 0.579. The molecule has 0 radical (unpaired) electrons. The summed E-state index contributed by atoms with van der Waals surface area (Å²) >= 11 is 0. The monoisotopic (exact) mass is 379 g/mol. The predicted octanol–water partition coefficient (Wildman–Crippen LogP) is 4.40. The zero-order chi connectivity index (χ0) is 19.0. The molecule has 2 aliphatic rings. The minimum Gasteiger partial charge on any atom is -0.339 e. The van der Waals surface area contributed by atoms with Gasteiger partial charge in [0.05, 0.1) is 5.56 Å². The SMILES string of the molecule is O=C1CC(c2noc(-c3ccc(C(F)(F)F)cc3)n2)CN1C1CCCCC1. The van der Waals surface area contributed by atoms with Crippen LogP contribution in [0.25, 0.3) is 11.5 Å². The van der Waals surface area contributed by atoms with Gasteiger partial charge in [0, 0.05) is 30.5 Å². The molecule has 27 heavy (non-hydrogen) atoms. The first-order valence-electron chi connectivity index (χ1n) is 9.22. The molecule has 1 amide bonds. The highest BCUT2D eigenvalue weighted by Gasteiger charge is 2.37. The summed E-state index contributed by atoms with van der Waals surface area (Å²) in [6, 6.07) is 4.91. The van der Waals surface area contributed by atoms with Crippen molar-refractivity contribution in [3.05, 3.63) is 35.7 Å². The fourth-order valence-electron chi connectivity index (χ4n) is 3.97. The molecule has 1 saturated heterocycles. The lowest BCUT2D eigenvalue weighted by Crippen LogP contribution is -2.37. The third-order valence-electron chi connectivity index (χ3n) is 5.44. The van der Waals surface area contributed by atoms with Crippen molar-refractivity contribution in [3.8, 4) is 11.5 Å². The standard InChI is InChI=1S/C19H20F3N3O2/c20-19(21,22)14-8-6-12(7-9-14)18-23-17(24-27-18)13-10-16(26)25(11-13)15-4-2-1-3-5-15/h6-9,13,15H,1-5,10-11H2.